The number of hydrogen-bond acceptors (Lipinski definition) is 4. The van der Waals surface area contributed by atoms with Crippen LogP contribution in [0, 0.1) is 0 Å². The molecule has 0 atom stereocenters. The highest BCUT2D eigenvalue weighted by molar-refractivity contribution is 6.30. The topological polar surface area (TPSA) is 78.7 Å². The zero-order valence-electron chi connectivity index (χ0n) is 12.8. The van der Waals surface area contributed by atoms with Gasteiger partial charge in [-0.25, -0.2) is 0 Å². The maximum absolute atomic E-state index is 12.0. The van der Waals surface area contributed by atoms with Gasteiger partial charge in [0.05, 0.1) is 6.54 Å². The van der Waals surface area contributed by atoms with Crippen molar-refractivity contribution >= 4 is 41.5 Å². The van der Waals surface area contributed by atoms with Crippen LogP contribution in [0.2, 0.25) is 5.02 Å². The molecule has 0 aliphatic carbocycles. The number of nitrogens with two attached hydrogens (primary N) is 1. The first-order valence-electron chi connectivity index (χ1n) is 7.35. The minimum absolute atomic E-state index is 0. The second-order valence-electron chi connectivity index (χ2n) is 5.16. The number of benzene rings is 1. The third kappa shape index (κ3) is 5.89. The van der Waals surface area contributed by atoms with E-state index in [0.29, 0.717) is 24.7 Å². The highest BCUT2D eigenvalue weighted by Crippen LogP contribution is 2.19. The van der Waals surface area contributed by atoms with Crippen LogP contribution < -0.4 is 16.0 Å². The molecule has 0 unspecified atom stereocenters. The van der Waals surface area contributed by atoms with Gasteiger partial charge in [0, 0.05) is 49.9 Å². The summed E-state index contributed by atoms with van der Waals surface area (Å²) in [6.45, 7) is 3.16. The normalized spacial score (nSPS) is 14.2. The summed E-state index contributed by atoms with van der Waals surface area (Å²) in [5, 5.41) is 3.31. The molecule has 0 saturated carbocycles. The number of nitrogens with zero attached hydrogens (tertiary/aromatic N) is 2. The Hall–Kier alpha value is -1.50. The molecule has 3 N–H and O–H groups in total. The molecule has 0 radical (unpaired) electrons. The maximum Gasteiger partial charge on any atom is 0.242 e. The molecule has 0 aromatic heterocycles. The van der Waals surface area contributed by atoms with E-state index in [0.717, 1.165) is 18.8 Å². The lowest BCUT2D eigenvalue weighted by Crippen LogP contribution is -2.51. The maximum atomic E-state index is 12.0. The van der Waals surface area contributed by atoms with E-state index in [9.17, 15) is 9.59 Å². The molecule has 1 fully saturated rings. The molecule has 8 heteroatoms. The molecule has 2 amide bonds. The van der Waals surface area contributed by atoms with Gasteiger partial charge in [0.1, 0.15) is 0 Å². The van der Waals surface area contributed by atoms with Gasteiger partial charge < -0.3 is 20.9 Å². The Morgan fingerprint density at radius 2 is 1.74 bits per heavy atom. The number of halogens is 2. The van der Waals surface area contributed by atoms with Crippen molar-refractivity contribution in [2.75, 3.05) is 44.2 Å². The molecule has 2 rings (SSSR count). The SMILES string of the molecule is Cl.NCCC(=O)NCC(=O)N1CCN(c2ccc(Cl)cc2)CC1. The molecular formula is C15H22Cl2N4O2. The van der Waals surface area contributed by atoms with E-state index in [-0.39, 0.29) is 37.2 Å². The van der Waals surface area contributed by atoms with Gasteiger partial charge in [-0.3, -0.25) is 9.59 Å². The molecular weight excluding hydrogens is 339 g/mol. The Labute approximate surface area is 147 Å². The number of amides is 2. The molecule has 1 saturated heterocycles. The molecule has 1 aliphatic rings. The Balaban J connectivity index is 0.00000264. The van der Waals surface area contributed by atoms with E-state index in [4.69, 9.17) is 17.3 Å². The van der Waals surface area contributed by atoms with E-state index in [1.54, 1.807) is 4.90 Å². The summed E-state index contributed by atoms with van der Waals surface area (Å²) in [6, 6.07) is 7.68. The predicted molar refractivity (Wildman–Crippen MR) is 94.2 cm³/mol. The summed E-state index contributed by atoms with van der Waals surface area (Å²) < 4.78 is 0. The summed E-state index contributed by atoms with van der Waals surface area (Å²) in [7, 11) is 0. The van der Waals surface area contributed by atoms with Crippen molar-refractivity contribution in [2.45, 2.75) is 6.42 Å². The van der Waals surface area contributed by atoms with Crippen LogP contribution in [0.1, 0.15) is 6.42 Å². The Morgan fingerprint density at radius 1 is 1.13 bits per heavy atom. The molecule has 128 valence electrons. The van der Waals surface area contributed by atoms with Crippen LogP contribution in [-0.2, 0) is 9.59 Å². The van der Waals surface area contributed by atoms with Crippen molar-refractivity contribution in [1.82, 2.24) is 10.2 Å². The lowest BCUT2D eigenvalue weighted by atomic mass is 10.2. The van der Waals surface area contributed by atoms with Gasteiger partial charge in [0.15, 0.2) is 0 Å². The Morgan fingerprint density at radius 3 is 2.30 bits per heavy atom. The zero-order chi connectivity index (χ0) is 15.9. The predicted octanol–water partition coefficient (Wildman–Crippen LogP) is 0.875. The monoisotopic (exact) mass is 360 g/mol. The first kappa shape index (κ1) is 19.5. The van der Waals surface area contributed by atoms with Crippen molar-refractivity contribution in [1.29, 1.82) is 0 Å². The van der Waals surface area contributed by atoms with Crippen molar-refractivity contribution in [2.24, 2.45) is 5.73 Å². The van der Waals surface area contributed by atoms with Crippen molar-refractivity contribution in [3.8, 4) is 0 Å². The third-order valence-electron chi connectivity index (χ3n) is 3.63. The van der Waals surface area contributed by atoms with Gasteiger partial charge in [-0.15, -0.1) is 12.4 Å². The standard InChI is InChI=1S/C15H21ClN4O2.ClH/c16-12-1-3-13(4-2-12)19-7-9-20(10-8-19)15(22)11-18-14(21)5-6-17;/h1-4H,5-11,17H2,(H,18,21);1H. The largest absolute Gasteiger partial charge is 0.368 e. The van der Waals surface area contributed by atoms with Crippen LogP contribution in [0.5, 0.6) is 0 Å². The fraction of sp³-hybridized carbons (Fsp3) is 0.467. The van der Waals surface area contributed by atoms with E-state index < -0.39 is 0 Å². The molecule has 1 heterocycles. The lowest BCUT2D eigenvalue weighted by molar-refractivity contribution is -0.133. The molecule has 0 spiro atoms. The van der Waals surface area contributed by atoms with E-state index in [1.165, 1.54) is 0 Å². The van der Waals surface area contributed by atoms with Crippen LogP contribution in [0.15, 0.2) is 24.3 Å². The number of hydrogen-bond donors (Lipinski definition) is 2. The van der Waals surface area contributed by atoms with E-state index in [1.807, 2.05) is 24.3 Å². The van der Waals surface area contributed by atoms with Crippen molar-refractivity contribution in [3.05, 3.63) is 29.3 Å². The van der Waals surface area contributed by atoms with Gasteiger partial charge in [0.25, 0.3) is 0 Å². The number of rotatable bonds is 5. The summed E-state index contributed by atoms with van der Waals surface area (Å²) in [5.74, 6) is -0.239. The second-order valence-corrected chi connectivity index (χ2v) is 5.60. The molecule has 23 heavy (non-hydrogen) atoms. The summed E-state index contributed by atoms with van der Waals surface area (Å²) >= 11 is 5.88. The van der Waals surface area contributed by atoms with Crippen molar-refractivity contribution in [3.63, 3.8) is 0 Å². The third-order valence-corrected chi connectivity index (χ3v) is 3.88. The fourth-order valence-corrected chi connectivity index (χ4v) is 2.50. The second kappa shape index (κ2) is 9.60. The molecule has 1 aliphatic heterocycles. The highest BCUT2D eigenvalue weighted by Gasteiger charge is 2.21. The van der Waals surface area contributed by atoms with Crippen LogP contribution in [0.4, 0.5) is 5.69 Å². The quantitative estimate of drug-likeness (QED) is 0.816. The van der Waals surface area contributed by atoms with Crippen LogP contribution in [-0.4, -0.2) is 56.0 Å². The average Bonchev–Trinajstić information content (AvgIpc) is 2.54. The first-order chi connectivity index (χ1) is 10.6. The minimum Gasteiger partial charge on any atom is -0.368 e. The van der Waals surface area contributed by atoms with Gasteiger partial charge in [-0.2, -0.15) is 0 Å². The van der Waals surface area contributed by atoms with Gasteiger partial charge >= 0.3 is 0 Å². The van der Waals surface area contributed by atoms with Crippen molar-refractivity contribution < 1.29 is 9.59 Å². The average molecular weight is 361 g/mol. The summed E-state index contributed by atoms with van der Waals surface area (Å²) in [6.07, 6.45) is 0.248. The fourth-order valence-electron chi connectivity index (χ4n) is 2.37. The molecule has 1 aromatic rings. The Kier molecular flexibility index (Phi) is 8.16. The van der Waals surface area contributed by atoms with Crippen LogP contribution in [0.3, 0.4) is 0 Å². The molecule has 0 bridgehead atoms. The van der Waals surface area contributed by atoms with Crippen LogP contribution in [0.25, 0.3) is 0 Å². The molecule has 6 nitrogen and oxygen atoms in total. The van der Waals surface area contributed by atoms with Gasteiger partial charge in [-0.1, -0.05) is 11.6 Å². The number of piperazine rings is 1. The number of anilines is 1. The first-order valence-corrected chi connectivity index (χ1v) is 7.73. The van der Waals surface area contributed by atoms with Crippen LogP contribution >= 0.6 is 24.0 Å². The number of nitrogens with one attached hydrogen (secondary N) is 1. The van der Waals surface area contributed by atoms with Gasteiger partial charge in [0.2, 0.25) is 11.8 Å². The number of carbonyl (C=O) groups is 2. The highest BCUT2D eigenvalue weighted by atomic mass is 35.5. The smallest absolute Gasteiger partial charge is 0.242 e. The number of carbonyl (C=O) groups excluding carboxylic acids is 2. The van der Waals surface area contributed by atoms with E-state index in [2.05, 4.69) is 10.2 Å². The minimum atomic E-state index is -0.185. The Bertz CT molecular complexity index is 517. The lowest BCUT2D eigenvalue weighted by Gasteiger charge is -2.36. The van der Waals surface area contributed by atoms with E-state index >= 15 is 0 Å². The summed E-state index contributed by atoms with van der Waals surface area (Å²) in [5.41, 5.74) is 6.39. The van der Waals surface area contributed by atoms with Gasteiger partial charge in [-0.05, 0) is 24.3 Å². The zero-order valence-corrected chi connectivity index (χ0v) is 14.4. The molecule has 1 aromatic carbocycles. The summed E-state index contributed by atoms with van der Waals surface area (Å²) in [4.78, 5) is 27.3.